The topological polar surface area (TPSA) is 22.1 Å². The second-order valence-corrected chi connectivity index (χ2v) is 5.50. The Morgan fingerprint density at radius 3 is 2.61 bits per heavy atom. The molecule has 0 aliphatic carbocycles. The van der Waals surface area contributed by atoms with Crippen LogP contribution in [-0.4, -0.2) is 21.3 Å². The number of ether oxygens (including phenoxy) is 1. The van der Waals surface area contributed by atoms with Crippen LogP contribution in [0.2, 0.25) is 0 Å². The zero-order chi connectivity index (χ0) is 13.5. The number of hydrogen-bond donors (Lipinski definition) is 0. The molecule has 0 amide bonds. The first-order valence-corrected chi connectivity index (χ1v) is 7.41. The molecule has 99 valence electrons. The molecule has 0 fully saturated rings. The van der Waals surface area contributed by atoms with Crippen LogP contribution < -0.4 is 10.1 Å². The molecule has 18 heavy (non-hydrogen) atoms. The minimum Gasteiger partial charge on any atom is -0.475 e. The predicted octanol–water partition coefficient (Wildman–Crippen LogP) is 3.23. The number of hydrogen-bond acceptors (Lipinski definition) is 2. The van der Waals surface area contributed by atoms with Gasteiger partial charge in [0.2, 0.25) is 5.88 Å². The fourth-order valence-electron chi connectivity index (χ4n) is 1.89. The highest BCUT2D eigenvalue weighted by Gasteiger charge is 2.08. The van der Waals surface area contributed by atoms with Crippen molar-refractivity contribution in [3.05, 3.63) is 17.2 Å². The normalized spacial score (nSPS) is 12.5. The van der Waals surface area contributed by atoms with Gasteiger partial charge in [0.25, 0.3) is 0 Å². The number of aryl methyl sites for hydroxylation is 1. The van der Waals surface area contributed by atoms with Gasteiger partial charge in [-0.25, -0.2) is 4.98 Å². The van der Waals surface area contributed by atoms with Crippen molar-refractivity contribution in [1.29, 1.82) is 0 Å². The second kappa shape index (κ2) is 7.57. The lowest BCUT2D eigenvalue weighted by molar-refractivity contribution is 0.198. The van der Waals surface area contributed by atoms with Gasteiger partial charge in [-0.05, 0) is 44.7 Å². The average molecular weight is 262 g/mol. The summed E-state index contributed by atoms with van der Waals surface area (Å²) < 4.78 is 5.87. The molecule has 1 unspecified atom stereocenters. The van der Waals surface area contributed by atoms with Crippen LogP contribution in [0.5, 0.6) is 5.88 Å². The van der Waals surface area contributed by atoms with Gasteiger partial charge in [-0.3, -0.25) is 0 Å². The maximum absolute atomic E-state index is 5.87. The highest BCUT2D eigenvalue weighted by atomic mass is 28.1. The first-order valence-electron chi connectivity index (χ1n) is 6.91. The van der Waals surface area contributed by atoms with E-state index in [1.807, 2.05) is 6.07 Å². The summed E-state index contributed by atoms with van der Waals surface area (Å²) in [4.78, 5) is 4.41. The maximum atomic E-state index is 5.87. The van der Waals surface area contributed by atoms with E-state index in [0.717, 1.165) is 17.6 Å². The summed E-state index contributed by atoms with van der Waals surface area (Å²) in [6.07, 6.45) is 6.48. The van der Waals surface area contributed by atoms with Crippen LogP contribution in [-0.2, 0) is 0 Å². The summed E-state index contributed by atoms with van der Waals surface area (Å²) in [5.41, 5.74) is 2.39. The van der Waals surface area contributed by atoms with Gasteiger partial charge in [0.15, 0.2) is 0 Å². The van der Waals surface area contributed by atoms with Gasteiger partial charge in [-0.2, -0.15) is 0 Å². The fourth-order valence-corrected chi connectivity index (χ4v) is 2.20. The van der Waals surface area contributed by atoms with Gasteiger partial charge < -0.3 is 4.74 Å². The molecule has 0 saturated heterocycles. The van der Waals surface area contributed by atoms with Crippen LogP contribution >= 0.6 is 0 Å². The highest BCUT2D eigenvalue weighted by Crippen LogP contribution is 2.15. The Balaban J connectivity index is 2.46. The van der Waals surface area contributed by atoms with Gasteiger partial charge >= 0.3 is 0 Å². The highest BCUT2D eigenvalue weighted by molar-refractivity contribution is 6.31. The molecule has 0 N–H and O–H groups in total. The SMILES string of the molecule is CCCCCCC(C)Oc1cc(C)c(C)c([Si])n1. The zero-order valence-corrected chi connectivity index (χ0v) is 13.0. The largest absolute Gasteiger partial charge is 0.475 e. The van der Waals surface area contributed by atoms with E-state index in [4.69, 9.17) is 4.74 Å². The Labute approximate surface area is 115 Å². The molecule has 0 spiro atoms. The molecule has 1 heterocycles. The number of nitrogens with zero attached hydrogens (tertiary/aromatic N) is 1. The van der Waals surface area contributed by atoms with E-state index >= 15 is 0 Å². The third kappa shape index (κ3) is 4.81. The van der Waals surface area contributed by atoms with Gasteiger partial charge in [-0.1, -0.05) is 26.2 Å². The summed E-state index contributed by atoms with van der Waals surface area (Å²) >= 11 is 0. The summed E-state index contributed by atoms with van der Waals surface area (Å²) in [7, 11) is 3.52. The Morgan fingerprint density at radius 2 is 2.00 bits per heavy atom. The summed E-state index contributed by atoms with van der Waals surface area (Å²) in [5, 5.41) is 0.878. The first kappa shape index (κ1) is 15.2. The summed E-state index contributed by atoms with van der Waals surface area (Å²) in [6.45, 7) is 8.49. The lowest BCUT2D eigenvalue weighted by atomic mass is 10.1. The molecule has 0 aliphatic heterocycles. The van der Waals surface area contributed by atoms with E-state index in [-0.39, 0.29) is 6.10 Å². The van der Waals surface area contributed by atoms with Gasteiger partial charge in [0.1, 0.15) is 10.2 Å². The number of pyridine rings is 1. The van der Waals surface area contributed by atoms with Crippen molar-refractivity contribution in [1.82, 2.24) is 4.98 Å². The minimum absolute atomic E-state index is 0.238. The van der Waals surface area contributed by atoms with Gasteiger partial charge in [0, 0.05) is 11.4 Å². The van der Waals surface area contributed by atoms with Crippen molar-refractivity contribution < 1.29 is 4.74 Å². The van der Waals surface area contributed by atoms with E-state index < -0.39 is 0 Å². The summed E-state index contributed by atoms with van der Waals surface area (Å²) in [5.74, 6) is 0.728. The van der Waals surface area contributed by atoms with Crippen LogP contribution in [0.4, 0.5) is 0 Å². The lowest BCUT2D eigenvalue weighted by Gasteiger charge is -2.15. The van der Waals surface area contributed by atoms with Crippen molar-refractivity contribution >= 4 is 15.6 Å². The van der Waals surface area contributed by atoms with Gasteiger partial charge in [0.05, 0.1) is 6.10 Å². The molecule has 1 aromatic rings. The molecular formula is C15H24NOSi. The molecule has 3 heteroatoms. The molecular weight excluding hydrogens is 238 g/mol. The first-order chi connectivity index (χ1) is 8.54. The Kier molecular flexibility index (Phi) is 6.40. The van der Waals surface area contributed by atoms with Crippen LogP contribution in [0, 0.1) is 13.8 Å². The Hall–Kier alpha value is -0.833. The van der Waals surface area contributed by atoms with Crippen LogP contribution in [0.1, 0.15) is 57.1 Å². The molecule has 2 nitrogen and oxygen atoms in total. The lowest BCUT2D eigenvalue weighted by Crippen LogP contribution is -2.19. The van der Waals surface area contributed by atoms with E-state index in [2.05, 4.69) is 42.9 Å². The number of rotatable bonds is 7. The minimum atomic E-state index is 0.238. The van der Waals surface area contributed by atoms with E-state index in [1.165, 1.54) is 36.8 Å². The maximum Gasteiger partial charge on any atom is 0.213 e. The number of aromatic nitrogens is 1. The van der Waals surface area contributed by atoms with E-state index in [0.29, 0.717) is 0 Å². The van der Waals surface area contributed by atoms with E-state index in [9.17, 15) is 0 Å². The molecule has 0 aromatic carbocycles. The average Bonchev–Trinajstić information content (AvgIpc) is 2.31. The smallest absolute Gasteiger partial charge is 0.213 e. The van der Waals surface area contributed by atoms with Crippen molar-refractivity contribution in [2.24, 2.45) is 0 Å². The van der Waals surface area contributed by atoms with Crippen LogP contribution in [0.15, 0.2) is 6.07 Å². The quantitative estimate of drug-likeness (QED) is 0.556. The Bertz CT molecular complexity index is 356. The predicted molar refractivity (Wildman–Crippen MR) is 77.9 cm³/mol. The van der Waals surface area contributed by atoms with Crippen LogP contribution in [0.25, 0.3) is 0 Å². The molecule has 0 bridgehead atoms. The van der Waals surface area contributed by atoms with Gasteiger partial charge in [-0.15, -0.1) is 0 Å². The van der Waals surface area contributed by atoms with Crippen molar-refractivity contribution in [3.63, 3.8) is 0 Å². The fraction of sp³-hybridized carbons (Fsp3) is 0.667. The summed E-state index contributed by atoms with van der Waals surface area (Å²) in [6, 6.07) is 2.02. The van der Waals surface area contributed by atoms with Crippen molar-refractivity contribution in [2.75, 3.05) is 0 Å². The standard InChI is InChI=1S/C15H24NOSi/c1-5-6-7-8-9-12(3)17-14-10-11(2)13(4)15(18)16-14/h10,12H,5-9H2,1-4H3. The number of unbranched alkanes of at least 4 members (excludes halogenated alkanes) is 3. The second-order valence-electron chi connectivity index (χ2n) is 5.03. The molecule has 1 atom stereocenters. The monoisotopic (exact) mass is 262 g/mol. The third-order valence-corrected chi connectivity index (χ3v) is 3.78. The molecule has 1 rings (SSSR count). The van der Waals surface area contributed by atoms with E-state index in [1.54, 1.807) is 0 Å². The zero-order valence-electron chi connectivity index (χ0n) is 12.0. The molecule has 0 saturated carbocycles. The Morgan fingerprint density at radius 1 is 1.28 bits per heavy atom. The molecule has 1 aromatic heterocycles. The van der Waals surface area contributed by atoms with Crippen LogP contribution in [0.3, 0.4) is 0 Å². The molecule has 0 aliphatic rings. The van der Waals surface area contributed by atoms with Crippen molar-refractivity contribution in [2.45, 2.75) is 65.9 Å². The molecule has 3 radical (unpaired) electrons. The van der Waals surface area contributed by atoms with Crippen molar-refractivity contribution in [3.8, 4) is 5.88 Å². The third-order valence-electron chi connectivity index (χ3n) is 3.29.